The van der Waals surface area contributed by atoms with Gasteiger partial charge in [0.15, 0.2) is 0 Å². The largest absolute Gasteiger partial charge is 0.444 e. The number of carbonyl (C=O) groups is 1. The van der Waals surface area contributed by atoms with Gasteiger partial charge in [0, 0.05) is 26.7 Å². The smallest absolute Gasteiger partial charge is 0.410 e. The Morgan fingerprint density at radius 2 is 2.22 bits per heavy atom. The highest BCUT2D eigenvalue weighted by molar-refractivity contribution is 9.10. The van der Waals surface area contributed by atoms with Crippen LogP contribution >= 0.6 is 15.9 Å². The van der Waals surface area contributed by atoms with Gasteiger partial charge in [-0.05, 0) is 67.6 Å². The van der Waals surface area contributed by atoms with Crippen molar-refractivity contribution in [3.8, 4) is 0 Å². The third kappa shape index (κ3) is 5.68. The second-order valence-corrected chi connectivity index (χ2v) is 7.95. The number of pyridine rings is 1. The fraction of sp³-hybridized carbons (Fsp3) is 0.647. The Balaban J connectivity index is 1.92. The Kier molecular flexibility index (Phi) is 5.89. The van der Waals surface area contributed by atoms with Crippen LogP contribution in [0.5, 0.6) is 0 Å². The lowest BCUT2D eigenvalue weighted by Crippen LogP contribution is -2.45. The van der Waals surface area contributed by atoms with Crippen LogP contribution in [0.2, 0.25) is 0 Å². The molecular weight excluding hydrogens is 358 g/mol. The van der Waals surface area contributed by atoms with Crippen molar-refractivity contribution in [3.05, 3.63) is 22.8 Å². The van der Waals surface area contributed by atoms with Crippen molar-refractivity contribution in [2.75, 3.05) is 31.6 Å². The lowest BCUT2D eigenvalue weighted by atomic mass is 9.98. The monoisotopic (exact) mass is 383 g/mol. The minimum absolute atomic E-state index is 0.203. The molecule has 1 aliphatic heterocycles. The molecular formula is C17H26BrN3O2. The first-order chi connectivity index (χ1) is 10.7. The summed E-state index contributed by atoms with van der Waals surface area (Å²) < 4.78 is 6.32. The zero-order chi connectivity index (χ0) is 17.0. The van der Waals surface area contributed by atoms with E-state index in [1.807, 2.05) is 50.9 Å². The summed E-state index contributed by atoms with van der Waals surface area (Å²) in [6.45, 7) is 8.11. The Bertz CT molecular complexity index is 545. The SMILES string of the molecule is CN(C[C@@H]1CCCN(C(=O)OC(C)(C)C)C1)c1cccc(Br)n1. The van der Waals surface area contributed by atoms with Crippen molar-refractivity contribution < 1.29 is 9.53 Å². The van der Waals surface area contributed by atoms with Crippen LogP contribution in [-0.2, 0) is 4.74 Å². The van der Waals surface area contributed by atoms with Crippen molar-refractivity contribution in [2.45, 2.75) is 39.2 Å². The van der Waals surface area contributed by atoms with E-state index in [4.69, 9.17) is 4.74 Å². The normalized spacial score (nSPS) is 18.7. The fourth-order valence-corrected chi connectivity index (χ4v) is 3.13. The first kappa shape index (κ1) is 18.0. The summed E-state index contributed by atoms with van der Waals surface area (Å²) in [5.74, 6) is 1.37. The number of carbonyl (C=O) groups excluding carboxylic acids is 1. The number of hydrogen-bond donors (Lipinski definition) is 0. The Labute approximate surface area is 147 Å². The first-order valence-electron chi connectivity index (χ1n) is 8.06. The van der Waals surface area contributed by atoms with Gasteiger partial charge in [0.25, 0.3) is 0 Å². The van der Waals surface area contributed by atoms with E-state index in [1.165, 1.54) is 0 Å². The molecule has 0 aromatic carbocycles. The first-order valence-corrected chi connectivity index (χ1v) is 8.85. The second kappa shape index (κ2) is 7.51. The molecule has 1 amide bonds. The van der Waals surface area contributed by atoms with Crippen LogP contribution in [0.25, 0.3) is 0 Å². The van der Waals surface area contributed by atoms with E-state index in [0.29, 0.717) is 5.92 Å². The van der Waals surface area contributed by atoms with Gasteiger partial charge in [0.1, 0.15) is 16.0 Å². The third-order valence-corrected chi connectivity index (χ3v) is 4.24. The molecule has 0 N–H and O–H groups in total. The van der Waals surface area contributed by atoms with Crippen LogP contribution in [0.3, 0.4) is 0 Å². The van der Waals surface area contributed by atoms with Crippen molar-refractivity contribution in [2.24, 2.45) is 5.92 Å². The molecule has 1 aromatic heterocycles. The second-order valence-electron chi connectivity index (χ2n) is 7.13. The van der Waals surface area contributed by atoms with Gasteiger partial charge in [0.05, 0.1) is 0 Å². The number of anilines is 1. The molecule has 1 aliphatic rings. The van der Waals surface area contributed by atoms with E-state index >= 15 is 0 Å². The molecule has 23 heavy (non-hydrogen) atoms. The number of likely N-dealkylation sites (tertiary alicyclic amines) is 1. The summed E-state index contributed by atoms with van der Waals surface area (Å²) in [6.07, 6.45) is 1.94. The maximum Gasteiger partial charge on any atom is 0.410 e. The summed E-state index contributed by atoms with van der Waals surface area (Å²) in [5.41, 5.74) is -0.443. The topological polar surface area (TPSA) is 45.7 Å². The lowest BCUT2D eigenvalue weighted by Gasteiger charge is -2.35. The third-order valence-electron chi connectivity index (χ3n) is 3.79. The van der Waals surface area contributed by atoms with E-state index in [2.05, 4.69) is 25.8 Å². The highest BCUT2D eigenvalue weighted by Crippen LogP contribution is 2.22. The zero-order valence-electron chi connectivity index (χ0n) is 14.4. The quantitative estimate of drug-likeness (QED) is 0.741. The number of rotatable bonds is 3. The summed E-state index contributed by atoms with van der Waals surface area (Å²) in [7, 11) is 2.04. The number of piperidine rings is 1. The van der Waals surface area contributed by atoms with E-state index in [-0.39, 0.29) is 6.09 Å². The average Bonchev–Trinajstić information content (AvgIpc) is 2.45. The van der Waals surface area contributed by atoms with E-state index in [9.17, 15) is 4.79 Å². The van der Waals surface area contributed by atoms with Gasteiger partial charge in [-0.2, -0.15) is 0 Å². The van der Waals surface area contributed by atoms with Gasteiger partial charge in [-0.1, -0.05) is 6.07 Å². The van der Waals surface area contributed by atoms with E-state index in [0.717, 1.165) is 42.9 Å². The van der Waals surface area contributed by atoms with Crippen LogP contribution in [-0.4, -0.2) is 48.3 Å². The molecule has 0 saturated carbocycles. The summed E-state index contributed by atoms with van der Waals surface area (Å²) in [5, 5.41) is 0. The highest BCUT2D eigenvalue weighted by Gasteiger charge is 2.28. The molecule has 0 aliphatic carbocycles. The number of halogens is 1. The molecule has 0 spiro atoms. The molecule has 1 atom stereocenters. The van der Waals surface area contributed by atoms with Crippen molar-refractivity contribution in [1.29, 1.82) is 0 Å². The number of nitrogens with zero attached hydrogens (tertiary/aromatic N) is 3. The predicted molar refractivity (Wildman–Crippen MR) is 95.7 cm³/mol. The molecule has 1 aromatic rings. The summed E-state index contributed by atoms with van der Waals surface area (Å²) >= 11 is 3.40. The molecule has 2 heterocycles. The molecule has 0 unspecified atom stereocenters. The van der Waals surface area contributed by atoms with Crippen LogP contribution in [0.1, 0.15) is 33.6 Å². The van der Waals surface area contributed by atoms with Crippen LogP contribution in [0.4, 0.5) is 10.6 Å². The zero-order valence-corrected chi connectivity index (χ0v) is 16.0. The maximum atomic E-state index is 12.2. The molecule has 0 bridgehead atoms. The Morgan fingerprint density at radius 3 is 2.87 bits per heavy atom. The maximum absolute atomic E-state index is 12.2. The van der Waals surface area contributed by atoms with Gasteiger partial charge >= 0.3 is 6.09 Å². The molecule has 5 nitrogen and oxygen atoms in total. The summed E-state index contributed by atoms with van der Waals surface area (Å²) in [4.78, 5) is 20.7. The molecule has 2 rings (SSSR count). The number of aromatic nitrogens is 1. The minimum atomic E-state index is -0.443. The van der Waals surface area contributed by atoms with Crippen LogP contribution < -0.4 is 4.90 Å². The minimum Gasteiger partial charge on any atom is -0.444 e. The van der Waals surface area contributed by atoms with Crippen LogP contribution in [0, 0.1) is 5.92 Å². The molecule has 1 fully saturated rings. The van der Waals surface area contributed by atoms with Crippen molar-refractivity contribution in [3.63, 3.8) is 0 Å². The Morgan fingerprint density at radius 1 is 1.48 bits per heavy atom. The highest BCUT2D eigenvalue weighted by atomic mass is 79.9. The van der Waals surface area contributed by atoms with Crippen molar-refractivity contribution in [1.82, 2.24) is 9.88 Å². The van der Waals surface area contributed by atoms with Crippen molar-refractivity contribution >= 4 is 27.8 Å². The number of amides is 1. The van der Waals surface area contributed by atoms with Gasteiger partial charge in [-0.25, -0.2) is 9.78 Å². The molecule has 128 valence electrons. The van der Waals surface area contributed by atoms with E-state index in [1.54, 1.807) is 0 Å². The van der Waals surface area contributed by atoms with Crippen LogP contribution in [0.15, 0.2) is 22.8 Å². The van der Waals surface area contributed by atoms with Gasteiger partial charge in [-0.15, -0.1) is 0 Å². The van der Waals surface area contributed by atoms with Gasteiger partial charge in [0.2, 0.25) is 0 Å². The Hall–Kier alpha value is -1.30. The average molecular weight is 384 g/mol. The fourth-order valence-electron chi connectivity index (χ4n) is 2.80. The number of hydrogen-bond acceptors (Lipinski definition) is 4. The molecule has 1 saturated heterocycles. The summed E-state index contributed by atoms with van der Waals surface area (Å²) in [6, 6.07) is 5.90. The molecule has 6 heteroatoms. The lowest BCUT2D eigenvalue weighted by molar-refractivity contribution is 0.0170. The van der Waals surface area contributed by atoms with E-state index < -0.39 is 5.60 Å². The van der Waals surface area contributed by atoms with Gasteiger partial charge in [-0.3, -0.25) is 0 Å². The standard InChI is InChI=1S/C17H26BrN3O2/c1-17(2,3)23-16(22)21-10-6-7-13(12-21)11-20(4)15-9-5-8-14(18)19-15/h5,8-9,13H,6-7,10-12H2,1-4H3/t13-/m0/s1. The van der Waals surface area contributed by atoms with Gasteiger partial charge < -0.3 is 14.5 Å². The molecule has 0 radical (unpaired) electrons. The predicted octanol–water partition coefficient (Wildman–Crippen LogP) is 3.93. The number of ether oxygens (including phenoxy) is 1.